The standard InChI is InChI=1S/C15H13BrF3NO/c1-10-6-7-12(16)13(8-10)20-9-11-4-2-3-5-14(11)21-15(17,18)19/h2-8,20H,9H2,1H3. The minimum absolute atomic E-state index is 0.193. The molecule has 0 aliphatic heterocycles. The highest BCUT2D eigenvalue weighted by Crippen LogP contribution is 2.28. The van der Waals surface area contributed by atoms with E-state index in [1.54, 1.807) is 12.1 Å². The lowest BCUT2D eigenvalue weighted by Gasteiger charge is -2.15. The summed E-state index contributed by atoms with van der Waals surface area (Å²) in [6, 6.07) is 11.8. The molecule has 2 rings (SSSR count). The zero-order valence-corrected chi connectivity index (χ0v) is 12.8. The van der Waals surface area contributed by atoms with Gasteiger partial charge in [-0.15, -0.1) is 13.2 Å². The number of rotatable bonds is 4. The van der Waals surface area contributed by atoms with Crippen LogP contribution in [0.5, 0.6) is 5.75 Å². The topological polar surface area (TPSA) is 21.3 Å². The van der Waals surface area contributed by atoms with Crippen molar-refractivity contribution in [2.24, 2.45) is 0 Å². The van der Waals surface area contributed by atoms with Gasteiger partial charge in [0.25, 0.3) is 0 Å². The fourth-order valence-corrected chi connectivity index (χ4v) is 2.23. The minimum atomic E-state index is -4.69. The maximum atomic E-state index is 12.4. The summed E-state index contributed by atoms with van der Waals surface area (Å²) in [5.74, 6) is -0.193. The Bertz CT molecular complexity index is 629. The summed E-state index contributed by atoms with van der Waals surface area (Å²) in [5, 5.41) is 3.10. The molecule has 0 atom stereocenters. The van der Waals surface area contributed by atoms with E-state index in [1.807, 2.05) is 25.1 Å². The average Bonchev–Trinajstić information content (AvgIpc) is 2.39. The Morgan fingerprint density at radius 1 is 1.14 bits per heavy atom. The van der Waals surface area contributed by atoms with Crippen molar-refractivity contribution in [1.82, 2.24) is 0 Å². The second-order valence-corrected chi connectivity index (χ2v) is 5.35. The average molecular weight is 360 g/mol. The zero-order valence-electron chi connectivity index (χ0n) is 11.2. The van der Waals surface area contributed by atoms with Crippen LogP contribution < -0.4 is 10.1 Å². The predicted molar refractivity (Wildman–Crippen MR) is 79.3 cm³/mol. The van der Waals surface area contributed by atoms with Gasteiger partial charge < -0.3 is 10.1 Å². The van der Waals surface area contributed by atoms with Crippen molar-refractivity contribution >= 4 is 21.6 Å². The first-order chi connectivity index (χ1) is 9.85. The number of aryl methyl sites for hydroxylation is 1. The smallest absolute Gasteiger partial charge is 0.405 e. The molecule has 0 aliphatic rings. The first-order valence-electron chi connectivity index (χ1n) is 6.19. The van der Waals surface area contributed by atoms with Gasteiger partial charge in [0.1, 0.15) is 5.75 Å². The Morgan fingerprint density at radius 2 is 1.86 bits per heavy atom. The number of alkyl halides is 3. The molecule has 6 heteroatoms. The quantitative estimate of drug-likeness (QED) is 0.802. The molecule has 2 nitrogen and oxygen atoms in total. The fraction of sp³-hybridized carbons (Fsp3) is 0.200. The summed E-state index contributed by atoms with van der Waals surface area (Å²) in [6.45, 7) is 2.17. The third-order valence-corrected chi connectivity index (χ3v) is 3.48. The molecular weight excluding hydrogens is 347 g/mol. The number of ether oxygens (including phenoxy) is 1. The maximum Gasteiger partial charge on any atom is 0.573 e. The van der Waals surface area contributed by atoms with Gasteiger partial charge in [-0.05, 0) is 46.6 Å². The normalized spacial score (nSPS) is 11.3. The van der Waals surface area contributed by atoms with E-state index >= 15 is 0 Å². The van der Waals surface area contributed by atoms with Gasteiger partial charge in [-0.25, -0.2) is 0 Å². The summed E-state index contributed by atoms with van der Waals surface area (Å²) >= 11 is 3.40. The van der Waals surface area contributed by atoms with Gasteiger partial charge in [-0.3, -0.25) is 0 Å². The number of para-hydroxylation sites is 1. The van der Waals surface area contributed by atoms with Crippen LogP contribution in [0.3, 0.4) is 0 Å². The van der Waals surface area contributed by atoms with Gasteiger partial charge in [-0.2, -0.15) is 0 Å². The van der Waals surface area contributed by atoms with E-state index < -0.39 is 6.36 Å². The van der Waals surface area contributed by atoms with E-state index in [1.165, 1.54) is 12.1 Å². The summed E-state index contributed by atoms with van der Waals surface area (Å²) in [4.78, 5) is 0. The molecule has 112 valence electrons. The van der Waals surface area contributed by atoms with Crippen LogP contribution in [0, 0.1) is 6.92 Å². The number of anilines is 1. The molecule has 0 heterocycles. The van der Waals surface area contributed by atoms with Crippen molar-refractivity contribution in [2.45, 2.75) is 19.8 Å². The number of nitrogens with one attached hydrogen (secondary N) is 1. The van der Waals surface area contributed by atoms with Gasteiger partial charge in [0.2, 0.25) is 0 Å². The summed E-state index contributed by atoms with van der Waals surface area (Å²) in [7, 11) is 0. The van der Waals surface area contributed by atoms with Crippen LogP contribution in [0.4, 0.5) is 18.9 Å². The van der Waals surface area contributed by atoms with Crippen molar-refractivity contribution < 1.29 is 17.9 Å². The molecule has 21 heavy (non-hydrogen) atoms. The lowest BCUT2D eigenvalue weighted by atomic mass is 10.2. The van der Waals surface area contributed by atoms with E-state index in [0.717, 1.165) is 15.7 Å². The molecule has 2 aromatic carbocycles. The molecule has 0 aromatic heterocycles. The third kappa shape index (κ3) is 4.67. The Morgan fingerprint density at radius 3 is 2.57 bits per heavy atom. The van der Waals surface area contributed by atoms with E-state index in [9.17, 15) is 13.2 Å². The van der Waals surface area contributed by atoms with Crippen molar-refractivity contribution in [3.05, 3.63) is 58.1 Å². The molecule has 1 N–H and O–H groups in total. The summed E-state index contributed by atoms with van der Waals surface area (Å²) in [5.41, 5.74) is 2.31. The van der Waals surface area contributed by atoms with Crippen LogP contribution in [0.25, 0.3) is 0 Å². The number of benzene rings is 2. The highest BCUT2D eigenvalue weighted by Gasteiger charge is 2.31. The van der Waals surface area contributed by atoms with Gasteiger partial charge in [0.15, 0.2) is 0 Å². The van der Waals surface area contributed by atoms with Gasteiger partial charge in [0, 0.05) is 22.3 Å². The number of hydrogen-bond donors (Lipinski definition) is 1. The largest absolute Gasteiger partial charge is 0.573 e. The van der Waals surface area contributed by atoms with Crippen LogP contribution in [-0.4, -0.2) is 6.36 Å². The molecule has 0 bridgehead atoms. The minimum Gasteiger partial charge on any atom is -0.405 e. The van der Waals surface area contributed by atoms with Gasteiger partial charge >= 0.3 is 6.36 Å². The maximum absolute atomic E-state index is 12.4. The van der Waals surface area contributed by atoms with Crippen molar-refractivity contribution in [1.29, 1.82) is 0 Å². The molecule has 0 spiro atoms. The van der Waals surface area contributed by atoms with Crippen LogP contribution in [0.1, 0.15) is 11.1 Å². The summed E-state index contributed by atoms with van der Waals surface area (Å²) < 4.78 is 41.9. The molecule has 0 aliphatic carbocycles. The predicted octanol–water partition coefficient (Wildman–Crippen LogP) is 5.27. The van der Waals surface area contributed by atoms with Gasteiger partial charge in [0.05, 0.1) is 0 Å². The zero-order chi connectivity index (χ0) is 15.5. The second-order valence-electron chi connectivity index (χ2n) is 4.49. The van der Waals surface area contributed by atoms with Crippen LogP contribution in [0.15, 0.2) is 46.9 Å². The Labute approximate surface area is 129 Å². The van der Waals surface area contributed by atoms with Crippen molar-refractivity contribution in [2.75, 3.05) is 5.32 Å². The third-order valence-electron chi connectivity index (χ3n) is 2.79. The van der Waals surface area contributed by atoms with E-state index in [0.29, 0.717) is 5.56 Å². The highest BCUT2D eigenvalue weighted by atomic mass is 79.9. The van der Waals surface area contributed by atoms with Crippen LogP contribution >= 0.6 is 15.9 Å². The SMILES string of the molecule is Cc1ccc(Br)c(NCc2ccccc2OC(F)(F)F)c1. The molecular formula is C15H13BrF3NO. The lowest BCUT2D eigenvalue weighted by molar-refractivity contribution is -0.274. The number of halogens is 4. The molecule has 0 saturated carbocycles. The summed E-state index contributed by atoms with van der Waals surface area (Å²) in [6.07, 6.45) is -4.69. The molecule has 0 saturated heterocycles. The van der Waals surface area contributed by atoms with Crippen molar-refractivity contribution in [3.63, 3.8) is 0 Å². The van der Waals surface area contributed by atoms with E-state index in [4.69, 9.17) is 0 Å². The molecule has 0 radical (unpaired) electrons. The Hall–Kier alpha value is -1.69. The van der Waals surface area contributed by atoms with E-state index in [2.05, 4.69) is 26.0 Å². The van der Waals surface area contributed by atoms with E-state index in [-0.39, 0.29) is 12.3 Å². The number of hydrogen-bond acceptors (Lipinski definition) is 2. The monoisotopic (exact) mass is 359 g/mol. The molecule has 0 unspecified atom stereocenters. The van der Waals surface area contributed by atoms with Gasteiger partial charge in [-0.1, -0.05) is 24.3 Å². The van der Waals surface area contributed by atoms with Crippen LogP contribution in [0.2, 0.25) is 0 Å². The first-order valence-corrected chi connectivity index (χ1v) is 6.98. The fourth-order valence-electron chi connectivity index (χ4n) is 1.84. The lowest BCUT2D eigenvalue weighted by Crippen LogP contribution is -2.18. The first kappa shape index (κ1) is 15.7. The molecule has 0 fully saturated rings. The Kier molecular flexibility index (Phi) is 4.77. The molecule has 2 aromatic rings. The van der Waals surface area contributed by atoms with Crippen LogP contribution in [-0.2, 0) is 6.54 Å². The molecule has 0 amide bonds. The highest BCUT2D eigenvalue weighted by molar-refractivity contribution is 9.10. The second kappa shape index (κ2) is 6.39. The Balaban J connectivity index is 2.15. The van der Waals surface area contributed by atoms with Crippen molar-refractivity contribution in [3.8, 4) is 5.75 Å².